The highest BCUT2D eigenvalue weighted by atomic mass is 32.2. The average Bonchev–Trinajstić information content (AvgIpc) is 2.76. The van der Waals surface area contributed by atoms with Gasteiger partial charge in [0.2, 0.25) is 0 Å². The molecule has 0 saturated heterocycles. The van der Waals surface area contributed by atoms with Crippen LogP contribution in [-0.2, 0) is 10.0 Å². The number of sulfonamides is 1. The first kappa shape index (κ1) is 18.8. The van der Waals surface area contributed by atoms with E-state index in [4.69, 9.17) is 0 Å². The highest BCUT2D eigenvalue weighted by Crippen LogP contribution is 2.32. The lowest BCUT2D eigenvalue weighted by atomic mass is 10.3. The maximum absolute atomic E-state index is 13.5. The summed E-state index contributed by atoms with van der Waals surface area (Å²) in [7, 11) is -3.79. The van der Waals surface area contributed by atoms with Crippen molar-refractivity contribution in [3.05, 3.63) is 115 Å². The number of anilines is 4. The molecule has 0 aromatic heterocycles. The van der Waals surface area contributed by atoms with Crippen LogP contribution in [0.25, 0.3) is 0 Å². The molecule has 29 heavy (non-hydrogen) atoms. The van der Waals surface area contributed by atoms with E-state index in [2.05, 4.69) is 5.32 Å². The van der Waals surface area contributed by atoms with E-state index >= 15 is 0 Å². The van der Waals surface area contributed by atoms with Gasteiger partial charge in [0.25, 0.3) is 10.0 Å². The van der Waals surface area contributed by atoms with Crippen LogP contribution in [0, 0.1) is 0 Å². The first-order chi connectivity index (χ1) is 14.1. The molecule has 0 aliphatic carbocycles. The van der Waals surface area contributed by atoms with Crippen LogP contribution in [0.4, 0.5) is 22.7 Å². The van der Waals surface area contributed by atoms with Crippen molar-refractivity contribution in [3.8, 4) is 0 Å². The van der Waals surface area contributed by atoms with E-state index in [9.17, 15) is 8.42 Å². The number of hydrogen-bond acceptors (Lipinski definition) is 3. The molecule has 0 unspecified atom stereocenters. The summed E-state index contributed by atoms with van der Waals surface area (Å²) in [6, 6.07) is 34.7. The van der Waals surface area contributed by atoms with E-state index in [1.54, 1.807) is 48.5 Å². The second kappa shape index (κ2) is 8.20. The normalized spacial score (nSPS) is 11.0. The Morgan fingerprint density at radius 1 is 0.517 bits per heavy atom. The van der Waals surface area contributed by atoms with Gasteiger partial charge in [-0.1, -0.05) is 54.6 Å². The fourth-order valence-corrected chi connectivity index (χ4v) is 4.55. The van der Waals surface area contributed by atoms with Gasteiger partial charge in [-0.3, -0.25) is 0 Å². The minimum Gasteiger partial charge on any atom is -0.356 e. The molecular formula is C24H20N2O2S. The van der Waals surface area contributed by atoms with Crippen molar-refractivity contribution in [2.45, 2.75) is 4.90 Å². The van der Waals surface area contributed by atoms with Gasteiger partial charge in [-0.25, -0.2) is 12.7 Å². The molecule has 0 fully saturated rings. The molecule has 0 aliphatic rings. The van der Waals surface area contributed by atoms with E-state index in [0.29, 0.717) is 11.4 Å². The number of nitrogens with zero attached hydrogens (tertiary/aromatic N) is 1. The average molecular weight is 401 g/mol. The van der Waals surface area contributed by atoms with Crippen LogP contribution in [0.1, 0.15) is 0 Å². The van der Waals surface area contributed by atoms with Gasteiger partial charge in [0.05, 0.1) is 16.3 Å². The summed E-state index contributed by atoms with van der Waals surface area (Å²) in [4.78, 5) is 0.226. The van der Waals surface area contributed by atoms with E-state index in [1.165, 1.54) is 4.31 Å². The van der Waals surface area contributed by atoms with Crippen LogP contribution in [0.2, 0.25) is 0 Å². The largest absolute Gasteiger partial charge is 0.356 e. The standard InChI is InChI=1S/C24H20N2O2S/c27-29(28,24-18-16-21(17-19-24)25-20-10-4-1-5-11-20)26(22-12-6-2-7-13-22)23-14-8-3-9-15-23/h1-19,25H. The van der Waals surface area contributed by atoms with Crippen molar-refractivity contribution < 1.29 is 8.42 Å². The molecule has 4 aromatic carbocycles. The predicted molar refractivity (Wildman–Crippen MR) is 118 cm³/mol. The summed E-state index contributed by atoms with van der Waals surface area (Å²) in [6.45, 7) is 0. The number of para-hydroxylation sites is 3. The summed E-state index contributed by atoms with van der Waals surface area (Å²) < 4.78 is 28.4. The molecule has 0 radical (unpaired) electrons. The third-order valence-electron chi connectivity index (χ3n) is 4.44. The van der Waals surface area contributed by atoms with Gasteiger partial charge < -0.3 is 5.32 Å². The fraction of sp³-hybridized carbons (Fsp3) is 0. The second-order valence-corrected chi connectivity index (χ2v) is 8.24. The second-order valence-electron chi connectivity index (χ2n) is 6.46. The monoisotopic (exact) mass is 400 g/mol. The molecule has 144 valence electrons. The molecule has 4 rings (SSSR count). The Kier molecular flexibility index (Phi) is 5.31. The zero-order chi connectivity index (χ0) is 20.1. The van der Waals surface area contributed by atoms with E-state index < -0.39 is 10.0 Å². The van der Waals surface area contributed by atoms with Gasteiger partial charge in [0, 0.05) is 11.4 Å². The molecule has 0 saturated carbocycles. The summed E-state index contributed by atoms with van der Waals surface area (Å²) in [5.74, 6) is 0. The molecule has 4 nitrogen and oxygen atoms in total. The minimum absolute atomic E-state index is 0.226. The first-order valence-corrected chi connectivity index (χ1v) is 10.7. The summed E-state index contributed by atoms with van der Waals surface area (Å²) >= 11 is 0. The molecule has 5 heteroatoms. The van der Waals surface area contributed by atoms with Crippen molar-refractivity contribution >= 4 is 32.8 Å². The van der Waals surface area contributed by atoms with Gasteiger partial charge in [-0.05, 0) is 60.7 Å². The number of nitrogens with one attached hydrogen (secondary N) is 1. The lowest BCUT2D eigenvalue weighted by Crippen LogP contribution is -2.26. The summed E-state index contributed by atoms with van der Waals surface area (Å²) in [6.07, 6.45) is 0. The van der Waals surface area contributed by atoms with Crippen molar-refractivity contribution in [1.82, 2.24) is 0 Å². The van der Waals surface area contributed by atoms with E-state index in [0.717, 1.165) is 11.4 Å². The topological polar surface area (TPSA) is 49.4 Å². The number of hydrogen-bond donors (Lipinski definition) is 1. The Hall–Kier alpha value is -3.57. The minimum atomic E-state index is -3.79. The van der Waals surface area contributed by atoms with Crippen molar-refractivity contribution in [1.29, 1.82) is 0 Å². The summed E-state index contributed by atoms with van der Waals surface area (Å²) in [5.41, 5.74) is 2.94. The first-order valence-electron chi connectivity index (χ1n) is 9.22. The summed E-state index contributed by atoms with van der Waals surface area (Å²) in [5, 5.41) is 3.27. The molecule has 0 atom stereocenters. The number of rotatable bonds is 6. The maximum Gasteiger partial charge on any atom is 0.268 e. The van der Waals surface area contributed by atoms with Gasteiger partial charge in [-0.15, -0.1) is 0 Å². The fourth-order valence-electron chi connectivity index (χ4n) is 3.06. The van der Waals surface area contributed by atoms with Crippen LogP contribution >= 0.6 is 0 Å². The van der Waals surface area contributed by atoms with E-state index in [-0.39, 0.29) is 4.90 Å². The maximum atomic E-state index is 13.5. The van der Waals surface area contributed by atoms with Gasteiger partial charge >= 0.3 is 0 Å². The molecule has 0 heterocycles. The zero-order valence-electron chi connectivity index (χ0n) is 15.6. The van der Waals surface area contributed by atoms with Crippen LogP contribution in [0.15, 0.2) is 120 Å². The van der Waals surface area contributed by atoms with Crippen LogP contribution in [0.5, 0.6) is 0 Å². The third kappa shape index (κ3) is 4.15. The molecule has 1 N–H and O–H groups in total. The Balaban J connectivity index is 1.69. The lowest BCUT2D eigenvalue weighted by molar-refractivity contribution is 0.596. The molecule has 0 spiro atoms. The SMILES string of the molecule is O=S(=O)(c1ccc(Nc2ccccc2)cc1)N(c1ccccc1)c1ccccc1. The third-order valence-corrected chi connectivity index (χ3v) is 6.21. The van der Waals surface area contributed by atoms with Crippen LogP contribution < -0.4 is 9.62 Å². The Labute approximate surface area is 171 Å². The van der Waals surface area contributed by atoms with Gasteiger partial charge in [0.1, 0.15) is 0 Å². The van der Waals surface area contributed by atoms with Crippen molar-refractivity contribution in [2.24, 2.45) is 0 Å². The Morgan fingerprint density at radius 2 is 0.931 bits per heavy atom. The molecule has 0 aliphatic heterocycles. The highest BCUT2D eigenvalue weighted by molar-refractivity contribution is 7.93. The Morgan fingerprint density at radius 3 is 1.41 bits per heavy atom. The van der Waals surface area contributed by atoms with Crippen LogP contribution in [-0.4, -0.2) is 8.42 Å². The lowest BCUT2D eigenvalue weighted by Gasteiger charge is -2.24. The predicted octanol–water partition coefficient (Wildman–Crippen LogP) is 5.96. The Bertz CT molecular complexity index is 1120. The van der Waals surface area contributed by atoms with Crippen molar-refractivity contribution in [2.75, 3.05) is 9.62 Å². The van der Waals surface area contributed by atoms with Crippen molar-refractivity contribution in [3.63, 3.8) is 0 Å². The molecular weight excluding hydrogens is 380 g/mol. The van der Waals surface area contributed by atoms with Crippen LogP contribution in [0.3, 0.4) is 0 Å². The number of benzene rings is 4. The molecule has 0 bridgehead atoms. The van der Waals surface area contributed by atoms with Gasteiger partial charge in [0.15, 0.2) is 0 Å². The zero-order valence-corrected chi connectivity index (χ0v) is 16.5. The molecule has 0 amide bonds. The smallest absolute Gasteiger partial charge is 0.268 e. The van der Waals surface area contributed by atoms with E-state index in [1.807, 2.05) is 66.7 Å². The highest BCUT2D eigenvalue weighted by Gasteiger charge is 2.26. The molecule has 4 aromatic rings. The quantitative estimate of drug-likeness (QED) is 0.435. The van der Waals surface area contributed by atoms with Gasteiger partial charge in [-0.2, -0.15) is 0 Å².